The molecule has 1 aliphatic heterocycles. The van der Waals surface area contributed by atoms with Crippen LogP contribution >= 0.6 is 34.8 Å². The van der Waals surface area contributed by atoms with Gasteiger partial charge in [-0.15, -0.1) is 0 Å². The fourth-order valence-electron chi connectivity index (χ4n) is 2.42. The van der Waals surface area contributed by atoms with Crippen LogP contribution in [0, 0.1) is 5.92 Å². The summed E-state index contributed by atoms with van der Waals surface area (Å²) in [5.74, 6) is 1.10. The van der Waals surface area contributed by atoms with E-state index in [9.17, 15) is 0 Å². The number of rotatable bonds is 3. The molecule has 21 heavy (non-hydrogen) atoms. The third-order valence-electron chi connectivity index (χ3n) is 3.48. The van der Waals surface area contributed by atoms with Crippen LogP contribution < -0.4 is 0 Å². The van der Waals surface area contributed by atoms with Crippen LogP contribution in [0.1, 0.15) is 12.2 Å². The maximum absolute atomic E-state index is 6.30. The molecule has 0 N–H and O–H groups in total. The van der Waals surface area contributed by atoms with Gasteiger partial charge in [0.25, 0.3) is 0 Å². The standard InChI is InChI=1S/C15H13Cl3N2O/c16-11-3-1-2-10(7-11)13-14(17)19-12(20-15(13)18)6-9-4-5-21-8-9/h1-3,7,9H,4-6,8H2. The lowest BCUT2D eigenvalue weighted by molar-refractivity contribution is 0.185. The van der Waals surface area contributed by atoms with Crippen molar-refractivity contribution in [3.8, 4) is 11.1 Å². The molecule has 1 atom stereocenters. The molecular formula is C15H13Cl3N2O. The van der Waals surface area contributed by atoms with Crippen molar-refractivity contribution in [1.29, 1.82) is 0 Å². The van der Waals surface area contributed by atoms with Gasteiger partial charge in [0.1, 0.15) is 16.1 Å². The predicted octanol–water partition coefficient (Wildman–Crippen LogP) is 4.68. The molecule has 6 heteroatoms. The third kappa shape index (κ3) is 3.49. The van der Waals surface area contributed by atoms with Crippen LogP contribution in [0.4, 0.5) is 0 Å². The number of halogens is 3. The topological polar surface area (TPSA) is 35.0 Å². The molecule has 1 unspecified atom stereocenters. The summed E-state index contributed by atoms with van der Waals surface area (Å²) in [5, 5.41) is 1.32. The van der Waals surface area contributed by atoms with Gasteiger partial charge in [0.05, 0.1) is 5.56 Å². The summed E-state index contributed by atoms with van der Waals surface area (Å²) in [6, 6.07) is 7.31. The molecule has 0 bridgehead atoms. The van der Waals surface area contributed by atoms with E-state index >= 15 is 0 Å². The highest BCUT2D eigenvalue weighted by molar-refractivity contribution is 6.38. The zero-order valence-corrected chi connectivity index (χ0v) is 13.4. The fraction of sp³-hybridized carbons (Fsp3) is 0.333. The van der Waals surface area contributed by atoms with Crippen LogP contribution in [-0.2, 0) is 11.2 Å². The zero-order valence-electron chi connectivity index (χ0n) is 11.2. The molecule has 1 saturated heterocycles. The van der Waals surface area contributed by atoms with E-state index in [4.69, 9.17) is 39.5 Å². The van der Waals surface area contributed by atoms with Gasteiger partial charge in [0.2, 0.25) is 0 Å². The minimum Gasteiger partial charge on any atom is -0.381 e. The maximum Gasteiger partial charge on any atom is 0.142 e. The number of nitrogens with zero attached hydrogens (tertiary/aromatic N) is 2. The Bertz CT molecular complexity index is 634. The van der Waals surface area contributed by atoms with Gasteiger partial charge in [-0.2, -0.15) is 0 Å². The molecule has 1 fully saturated rings. The largest absolute Gasteiger partial charge is 0.381 e. The molecule has 1 aromatic heterocycles. The SMILES string of the molecule is Clc1cccc(-c2c(Cl)nc(CC3CCOC3)nc2Cl)c1. The van der Waals surface area contributed by atoms with Crippen LogP contribution in [0.25, 0.3) is 11.1 Å². The van der Waals surface area contributed by atoms with E-state index in [2.05, 4.69) is 9.97 Å². The third-order valence-corrected chi connectivity index (χ3v) is 4.26. The quantitative estimate of drug-likeness (QED) is 0.759. The highest BCUT2D eigenvalue weighted by atomic mass is 35.5. The first-order chi connectivity index (χ1) is 10.1. The number of aromatic nitrogens is 2. The molecule has 0 amide bonds. The molecule has 0 spiro atoms. The highest BCUT2D eigenvalue weighted by Crippen LogP contribution is 2.34. The smallest absolute Gasteiger partial charge is 0.142 e. The lowest BCUT2D eigenvalue weighted by Gasteiger charge is -2.11. The van der Waals surface area contributed by atoms with Gasteiger partial charge in [0, 0.05) is 24.7 Å². The van der Waals surface area contributed by atoms with E-state index < -0.39 is 0 Å². The van der Waals surface area contributed by atoms with E-state index in [1.807, 2.05) is 12.1 Å². The van der Waals surface area contributed by atoms with E-state index in [0.29, 0.717) is 32.6 Å². The van der Waals surface area contributed by atoms with Gasteiger partial charge in [-0.25, -0.2) is 9.97 Å². The molecule has 0 saturated carbocycles. The van der Waals surface area contributed by atoms with Crippen LogP contribution in [0.5, 0.6) is 0 Å². The Morgan fingerprint density at radius 2 is 1.90 bits per heavy atom. The lowest BCUT2D eigenvalue weighted by atomic mass is 10.0. The first-order valence-electron chi connectivity index (χ1n) is 6.69. The molecule has 2 heterocycles. The van der Waals surface area contributed by atoms with Gasteiger partial charge < -0.3 is 4.74 Å². The van der Waals surface area contributed by atoms with Gasteiger partial charge in [-0.3, -0.25) is 0 Å². The molecule has 2 aromatic rings. The van der Waals surface area contributed by atoms with Crippen LogP contribution in [0.15, 0.2) is 24.3 Å². The van der Waals surface area contributed by atoms with Crippen molar-refractivity contribution in [2.45, 2.75) is 12.8 Å². The maximum atomic E-state index is 6.30. The second-order valence-electron chi connectivity index (χ2n) is 5.04. The molecule has 1 aliphatic rings. The predicted molar refractivity (Wildman–Crippen MR) is 85.1 cm³/mol. The highest BCUT2D eigenvalue weighted by Gasteiger charge is 2.20. The average molecular weight is 344 g/mol. The monoisotopic (exact) mass is 342 g/mol. The number of hydrogen-bond acceptors (Lipinski definition) is 3. The first-order valence-corrected chi connectivity index (χ1v) is 7.82. The van der Waals surface area contributed by atoms with Crippen LogP contribution in [0.2, 0.25) is 15.3 Å². The molecular weight excluding hydrogens is 331 g/mol. The zero-order chi connectivity index (χ0) is 14.8. The molecule has 110 valence electrons. The summed E-state index contributed by atoms with van der Waals surface area (Å²) in [6.07, 6.45) is 1.75. The Kier molecular flexibility index (Phi) is 4.65. The summed E-state index contributed by atoms with van der Waals surface area (Å²) >= 11 is 18.6. The molecule has 0 aliphatic carbocycles. The summed E-state index contributed by atoms with van der Waals surface area (Å²) in [6.45, 7) is 1.54. The van der Waals surface area contributed by atoms with Crippen molar-refractivity contribution in [2.75, 3.05) is 13.2 Å². The van der Waals surface area contributed by atoms with Crippen molar-refractivity contribution in [3.05, 3.63) is 45.4 Å². The summed E-state index contributed by atoms with van der Waals surface area (Å²) < 4.78 is 5.36. The Labute approximate surface area is 138 Å². The summed E-state index contributed by atoms with van der Waals surface area (Å²) in [5.41, 5.74) is 1.43. The van der Waals surface area contributed by atoms with Gasteiger partial charge in [-0.05, 0) is 30.0 Å². The molecule has 1 aromatic carbocycles. The normalized spacial score (nSPS) is 18.1. The van der Waals surface area contributed by atoms with E-state index in [1.54, 1.807) is 12.1 Å². The van der Waals surface area contributed by atoms with Crippen molar-refractivity contribution in [3.63, 3.8) is 0 Å². The Balaban J connectivity index is 1.92. The van der Waals surface area contributed by atoms with E-state index in [1.165, 1.54) is 0 Å². The number of ether oxygens (including phenoxy) is 1. The Hall–Kier alpha value is -0.870. The van der Waals surface area contributed by atoms with Gasteiger partial charge in [0.15, 0.2) is 0 Å². The van der Waals surface area contributed by atoms with Crippen molar-refractivity contribution in [2.24, 2.45) is 5.92 Å². The minimum absolute atomic E-state index is 0.353. The Morgan fingerprint density at radius 1 is 1.14 bits per heavy atom. The van der Waals surface area contributed by atoms with Crippen molar-refractivity contribution in [1.82, 2.24) is 9.97 Å². The van der Waals surface area contributed by atoms with Gasteiger partial charge >= 0.3 is 0 Å². The lowest BCUT2D eigenvalue weighted by Crippen LogP contribution is -2.08. The van der Waals surface area contributed by atoms with E-state index in [-0.39, 0.29) is 0 Å². The van der Waals surface area contributed by atoms with Crippen LogP contribution in [-0.4, -0.2) is 23.2 Å². The average Bonchev–Trinajstić information content (AvgIpc) is 2.91. The van der Waals surface area contributed by atoms with Crippen molar-refractivity contribution >= 4 is 34.8 Å². The molecule has 3 rings (SSSR count). The van der Waals surface area contributed by atoms with Gasteiger partial charge in [-0.1, -0.05) is 46.9 Å². The summed E-state index contributed by atoms with van der Waals surface area (Å²) in [4.78, 5) is 8.75. The molecule has 0 radical (unpaired) electrons. The van der Waals surface area contributed by atoms with E-state index in [0.717, 1.165) is 31.6 Å². The Morgan fingerprint density at radius 3 is 2.52 bits per heavy atom. The molecule has 3 nitrogen and oxygen atoms in total. The number of benzene rings is 1. The van der Waals surface area contributed by atoms with Crippen LogP contribution in [0.3, 0.4) is 0 Å². The van der Waals surface area contributed by atoms with Crippen molar-refractivity contribution < 1.29 is 4.74 Å². The fourth-order valence-corrected chi connectivity index (χ4v) is 3.26. The minimum atomic E-state index is 0.353. The summed E-state index contributed by atoms with van der Waals surface area (Å²) in [7, 11) is 0. The second-order valence-corrected chi connectivity index (χ2v) is 6.19. The first kappa shape index (κ1) is 15.0. The number of hydrogen-bond donors (Lipinski definition) is 0. The second kappa shape index (κ2) is 6.49.